The molecule has 0 saturated carbocycles. The molecule has 0 aliphatic carbocycles. The Morgan fingerprint density at radius 1 is 1.20 bits per heavy atom. The van der Waals surface area contributed by atoms with Crippen molar-refractivity contribution in [3.63, 3.8) is 0 Å². The lowest BCUT2D eigenvalue weighted by Crippen LogP contribution is -2.21. The summed E-state index contributed by atoms with van der Waals surface area (Å²) in [5.74, 6) is 0.984. The minimum Gasteiger partial charge on any atom is -0.465 e. The number of carbonyl (C=O) groups excluding carboxylic acids is 1. The van der Waals surface area contributed by atoms with Crippen LogP contribution < -0.4 is 0 Å². The number of alkyl halides is 1. The molecular weight excluding hydrogens is 256 g/mol. The molecule has 0 aromatic rings. The number of hydrogen-bond acceptors (Lipinski definition) is 2. The maximum absolute atomic E-state index is 11.7. The topological polar surface area (TPSA) is 26.3 Å². The second-order valence-corrected chi connectivity index (χ2v) is 5.62. The SMILES string of the molecule is CC(C)COC(=O)C(CCBr)CC(C)C. The Morgan fingerprint density at radius 3 is 2.20 bits per heavy atom. The maximum atomic E-state index is 11.7. The fraction of sp³-hybridized carbons (Fsp3) is 0.917. The highest BCUT2D eigenvalue weighted by atomic mass is 79.9. The van der Waals surface area contributed by atoms with Crippen molar-refractivity contribution in [3.05, 3.63) is 0 Å². The third-order valence-electron chi connectivity index (χ3n) is 2.11. The van der Waals surface area contributed by atoms with Gasteiger partial charge in [-0.25, -0.2) is 0 Å². The number of ether oxygens (including phenoxy) is 1. The molecule has 0 fully saturated rings. The van der Waals surface area contributed by atoms with Crippen molar-refractivity contribution in [3.8, 4) is 0 Å². The minimum atomic E-state index is -0.0307. The van der Waals surface area contributed by atoms with Crippen LogP contribution in [-0.4, -0.2) is 17.9 Å². The van der Waals surface area contributed by atoms with E-state index in [2.05, 4.69) is 43.6 Å². The molecule has 90 valence electrons. The Morgan fingerprint density at radius 2 is 1.80 bits per heavy atom. The van der Waals surface area contributed by atoms with Gasteiger partial charge in [-0.3, -0.25) is 4.79 Å². The van der Waals surface area contributed by atoms with Crippen LogP contribution in [0.3, 0.4) is 0 Å². The molecule has 15 heavy (non-hydrogen) atoms. The molecular formula is C12H23BrO2. The molecule has 0 N–H and O–H groups in total. The van der Waals surface area contributed by atoms with Crippen LogP contribution in [-0.2, 0) is 9.53 Å². The molecule has 1 atom stereocenters. The van der Waals surface area contributed by atoms with E-state index in [0.29, 0.717) is 18.4 Å². The Labute approximate surface area is 102 Å². The lowest BCUT2D eigenvalue weighted by atomic mass is 9.95. The number of esters is 1. The summed E-state index contributed by atoms with van der Waals surface area (Å²) in [6.45, 7) is 8.91. The Hall–Kier alpha value is -0.0500. The Kier molecular flexibility index (Phi) is 8.12. The predicted molar refractivity (Wildman–Crippen MR) is 67.2 cm³/mol. The summed E-state index contributed by atoms with van der Waals surface area (Å²) in [4.78, 5) is 11.7. The summed E-state index contributed by atoms with van der Waals surface area (Å²) in [6.07, 6.45) is 1.79. The molecule has 0 rings (SSSR count). The average molecular weight is 279 g/mol. The molecule has 2 nitrogen and oxygen atoms in total. The third-order valence-corrected chi connectivity index (χ3v) is 2.56. The smallest absolute Gasteiger partial charge is 0.308 e. The molecule has 0 aromatic carbocycles. The number of hydrogen-bond donors (Lipinski definition) is 0. The van der Waals surface area contributed by atoms with E-state index in [0.717, 1.165) is 18.2 Å². The molecule has 0 saturated heterocycles. The van der Waals surface area contributed by atoms with E-state index in [1.54, 1.807) is 0 Å². The Bertz CT molecular complexity index is 178. The third kappa shape index (κ3) is 7.83. The normalized spacial score (nSPS) is 13.3. The molecule has 0 aliphatic rings. The van der Waals surface area contributed by atoms with E-state index in [-0.39, 0.29) is 11.9 Å². The highest BCUT2D eigenvalue weighted by Gasteiger charge is 2.20. The summed E-state index contributed by atoms with van der Waals surface area (Å²) in [5.41, 5.74) is 0. The lowest BCUT2D eigenvalue weighted by Gasteiger charge is -2.17. The van der Waals surface area contributed by atoms with Crippen LogP contribution in [0.5, 0.6) is 0 Å². The van der Waals surface area contributed by atoms with E-state index < -0.39 is 0 Å². The summed E-state index contributed by atoms with van der Waals surface area (Å²) < 4.78 is 5.26. The van der Waals surface area contributed by atoms with Gasteiger partial charge in [-0.1, -0.05) is 43.6 Å². The van der Waals surface area contributed by atoms with Crippen LogP contribution in [0.15, 0.2) is 0 Å². The summed E-state index contributed by atoms with van der Waals surface area (Å²) >= 11 is 3.38. The largest absolute Gasteiger partial charge is 0.465 e. The molecule has 0 aliphatic heterocycles. The van der Waals surface area contributed by atoms with Crippen LogP contribution in [0.4, 0.5) is 0 Å². The van der Waals surface area contributed by atoms with Crippen molar-refractivity contribution >= 4 is 21.9 Å². The molecule has 0 spiro atoms. The predicted octanol–water partition coefficient (Wildman–Crippen LogP) is 3.63. The first-order valence-corrected chi connectivity index (χ1v) is 6.82. The van der Waals surface area contributed by atoms with Crippen molar-refractivity contribution in [2.45, 2.75) is 40.5 Å². The number of halogens is 1. The van der Waals surface area contributed by atoms with Gasteiger partial charge in [0.15, 0.2) is 0 Å². The second kappa shape index (κ2) is 8.14. The zero-order valence-corrected chi connectivity index (χ0v) is 11.8. The van der Waals surface area contributed by atoms with E-state index in [1.807, 2.05) is 0 Å². The average Bonchev–Trinajstić information content (AvgIpc) is 2.12. The zero-order valence-electron chi connectivity index (χ0n) is 10.3. The summed E-state index contributed by atoms with van der Waals surface area (Å²) in [6, 6.07) is 0. The monoisotopic (exact) mass is 278 g/mol. The van der Waals surface area contributed by atoms with Crippen LogP contribution in [0.2, 0.25) is 0 Å². The van der Waals surface area contributed by atoms with Gasteiger partial charge in [0.1, 0.15) is 0 Å². The van der Waals surface area contributed by atoms with Crippen molar-refractivity contribution < 1.29 is 9.53 Å². The van der Waals surface area contributed by atoms with Crippen molar-refractivity contribution in [2.75, 3.05) is 11.9 Å². The van der Waals surface area contributed by atoms with Gasteiger partial charge >= 0.3 is 5.97 Å². The van der Waals surface area contributed by atoms with Crippen molar-refractivity contribution in [1.82, 2.24) is 0 Å². The van der Waals surface area contributed by atoms with Gasteiger partial charge in [0, 0.05) is 5.33 Å². The van der Waals surface area contributed by atoms with Gasteiger partial charge in [-0.05, 0) is 24.7 Å². The van der Waals surface area contributed by atoms with Gasteiger partial charge in [0.25, 0.3) is 0 Å². The summed E-state index contributed by atoms with van der Waals surface area (Å²) in [7, 11) is 0. The molecule has 0 bridgehead atoms. The fourth-order valence-corrected chi connectivity index (χ4v) is 1.95. The fourth-order valence-electron chi connectivity index (χ4n) is 1.40. The Balaban J connectivity index is 4.04. The van der Waals surface area contributed by atoms with Gasteiger partial charge in [0.2, 0.25) is 0 Å². The van der Waals surface area contributed by atoms with E-state index in [1.165, 1.54) is 0 Å². The molecule has 0 heterocycles. The van der Waals surface area contributed by atoms with Gasteiger partial charge in [-0.2, -0.15) is 0 Å². The zero-order chi connectivity index (χ0) is 11.8. The second-order valence-electron chi connectivity index (χ2n) is 4.83. The summed E-state index contributed by atoms with van der Waals surface area (Å²) in [5, 5.41) is 0.862. The van der Waals surface area contributed by atoms with Crippen molar-refractivity contribution in [1.29, 1.82) is 0 Å². The van der Waals surface area contributed by atoms with Crippen LogP contribution >= 0.6 is 15.9 Å². The van der Waals surface area contributed by atoms with Crippen LogP contribution in [0.1, 0.15) is 40.5 Å². The van der Waals surface area contributed by atoms with Gasteiger partial charge in [-0.15, -0.1) is 0 Å². The molecule has 3 heteroatoms. The standard InChI is InChI=1S/C12H23BrO2/c1-9(2)7-11(5-6-13)12(14)15-8-10(3)4/h9-11H,5-8H2,1-4H3. The molecule has 0 amide bonds. The quantitative estimate of drug-likeness (QED) is 0.525. The number of carbonyl (C=O) groups is 1. The van der Waals surface area contributed by atoms with E-state index in [9.17, 15) is 4.79 Å². The van der Waals surface area contributed by atoms with Gasteiger partial charge in [0.05, 0.1) is 12.5 Å². The first kappa shape index (κ1) is 14.9. The highest BCUT2D eigenvalue weighted by Crippen LogP contribution is 2.18. The minimum absolute atomic E-state index is 0.0307. The van der Waals surface area contributed by atoms with Crippen LogP contribution in [0, 0.1) is 17.8 Å². The molecule has 0 aromatic heterocycles. The number of rotatable bonds is 7. The van der Waals surface area contributed by atoms with E-state index in [4.69, 9.17) is 4.74 Å². The van der Waals surface area contributed by atoms with Gasteiger partial charge < -0.3 is 4.74 Å². The first-order chi connectivity index (χ1) is 6.97. The first-order valence-electron chi connectivity index (χ1n) is 5.70. The highest BCUT2D eigenvalue weighted by molar-refractivity contribution is 9.09. The van der Waals surface area contributed by atoms with E-state index >= 15 is 0 Å². The molecule has 1 unspecified atom stereocenters. The van der Waals surface area contributed by atoms with Crippen LogP contribution in [0.25, 0.3) is 0 Å². The lowest BCUT2D eigenvalue weighted by molar-refractivity contribution is -0.150. The molecule has 0 radical (unpaired) electrons. The maximum Gasteiger partial charge on any atom is 0.308 e. The van der Waals surface area contributed by atoms with Crippen molar-refractivity contribution in [2.24, 2.45) is 17.8 Å².